The van der Waals surface area contributed by atoms with E-state index in [9.17, 15) is 9.90 Å². The van der Waals surface area contributed by atoms with E-state index < -0.39 is 5.72 Å². The van der Waals surface area contributed by atoms with E-state index >= 15 is 0 Å². The van der Waals surface area contributed by atoms with Gasteiger partial charge in [0.1, 0.15) is 11.5 Å². The summed E-state index contributed by atoms with van der Waals surface area (Å²) in [7, 11) is 3.15. The van der Waals surface area contributed by atoms with E-state index in [2.05, 4.69) is 0 Å². The standard InChI is InChI=1S/C18H17NO4/c1-22-12-9-11-7-8-19-17(20)13-5-3-4-6-14(13)18(19,21)16(11)15(10-12)23-2/h3-6,9-10,21H,7-8H2,1-2H3/t18-/m1/s1. The fourth-order valence-electron chi connectivity index (χ4n) is 3.69. The molecule has 5 nitrogen and oxygen atoms in total. The van der Waals surface area contributed by atoms with E-state index in [1.54, 1.807) is 32.4 Å². The molecule has 23 heavy (non-hydrogen) atoms. The molecule has 5 heteroatoms. The van der Waals surface area contributed by atoms with E-state index in [0.717, 1.165) is 5.56 Å². The number of amides is 1. The van der Waals surface area contributed by atoms with Crippen molar-refractivity contribution in [2.45, 2.75) is 12.1 Å². The maximum Gasteiger partial charge on any atom is 0.257 e. The van der Waals surface area contributed by atoms with Gasteiger partial charge in [-0.25, -0.2) is 0 Å². The van der Waals surface area contributed by atoms with Crippen LogP contribution >= 0.6 is 0 Å². The Morgan fingerprint density at radius 2 is 1.96 bits per heavy atom. The highest BCUT2D eigenvalue weighted by molar-refractivity contribution is 6.00. The quantitative estimate of drug-likeness (QED) is 0.920. The summed E-state index contributed by atoms with van der Waals surface area (Å²) in [6.07, 6.45) is 0.644. The monoisotopic (exact) mass is 311 g/mol. The molecule has 4 rings (SSSR count). The number of fused-ring (bicyclic) bond motifs is 5. The third-order valence-electron chi connectivity index (χ3n) is 4.74. The molecule has 2 aromatic carbocycles. The van der Waals surface area contributed by atoms with Gasteiger partial charge in [0, 0.05) is 23.7 Å². The van der Waals surface area contributed by atoms with Gasteiger partial charge in [-0.05, 0) is 24.1 Å². The van der Waals surface area contributed by atoms with Gasteiger partial charge in [-0.1, -0.05) is 18.2 Å². The van der Waals surface area contributed by atoms with E-state index in [1.807, 2.05) is 18.2 Å². The van der Waals surface area contributed by atoms with Crippen molar-refractivity contribution >= 4 is 5.91 Å². The number of carbonyl (C=O) groups excluding carboxylic acids is 1. The molecule has 2 aliphatic heterocycles. The average molecular weight is 311 g/mol. The summed E-state index contributed by atoms with van der Waals surface area (Å²) in [5.74, 6) is 1.05. The fraction of sp³-hybridized carbons (Fsp3) is 0.278. The molecule has 0 aliphatic carbocycles. The van der Waals surface area contributed by atoms with Gasteiger partial charge in [-0.3, -0.25) is 4.79 Å². The maximum absolute atomic E-state index is 12.7. The topological polar surface area (TPSA) is 59.0 Å². The van der Waals surface area contributed by atoms with Gasteiger partial charge >= 0.3 is 0 Å². The van der Waals surface area contributed by atoms with Crippen molar-refractivity contribution in [1.82, 2.24) is 4.90 Å². The third-order valence-corrected chi connectivity index (χ3v) is 4.74. The summed E-state index contributed by atoms with van der Waals surface area (Å²) in [5, 5.41) is 11.5. The van der Waals surface area contributed by atoms with Gasteiger partial charge in [0.2, 0.25) is 0 Å². The lowest BCUT2D eigenvalue weighted by Crippen LogP contribution is -2.49. The average Bonchev–Trinajstić information content (AvgIpc) is 2.82. The van der Waals surface area contributed by atoms with Crippen LogP contribution in [-0.4, -0.2) is 36.7 Å². The van der Waals surface area contributed by atoms with Crippen molar-refractivity contribution in [2.75, 3.05) is 20.8 Å². The minimum atomic E-state index is -1.49. The molecular weight excluding hydrogens is 294 g/mol. The molecule has 0 saturated carbocycles. The highest BCUT2D eigenvalue weighted by Crippen LogP contribution is 2.50. The predicted octanol–water partition coefficient (Wildman–Crippen LogP) is 1.91. The van der Waals surface area contributed by atoms with Crippen molar-refractivity contribution in [1.29, 1.82) is 0 Å². The first kappa shape index (κ1) is 14.1. The van der Waals surface area contributed by atoms with E-state index in [1.165, 1.54) is 4.90 Å². The Labute approximate surface area is 134 Å². The molecule has 1 atom stereocenters. The number of nitrogens with zero attached hydrogens (tertiary/aromatic N) is 1. The highest BCUT2D eigenvalue weighted by atomic mass is 16.5. The second-order valence-electron chi connectivity index (χ2n) is 5.79. The first-order chi connectivity index (χ1) is 11.1. The number of benzene rings is 2. The Morgan fingerprint density at radius 3 is 2.70 bits per heavy atom. The lowest BCUT2D eigenvalue weighted by Gasteiger charge is -2.40. The molecule has 0 fully saturated rings. The van der Waals surface area contributed by atoms with Gasteiger partial charge in [0.05, 0.1) is 19.8 Å². The molecule has 1 N–H and O–H groups in total. The summed E-state index contributed by atoms with van der Waals surface area (Å²) in [6.45, 7) is 0.452. The molecule has 0 unspecified atom stereocenters. The van der Waals surface area contributed by atoms with Crippen LogP contribution in [0.15, 0.2) is 36.4 Å². The number of hydrogen-bond donors (Lipinski definition) is 1. The third kappa shape index (κ3) is 1.68. The molecule has 118 valence electrons. The van der Waals surface area contributed by atoms with Crippen LogP contribution in [0.3, 0.4) is 0 Å². The molecule has 0 saturated heterocycles. The highest BCUT2D eigenvalue weighted by Gasteiger charge is 2.53. The van der Waals surface area contributed by atoms with E-state index in [4.69, 9.17) is 9.47 Å². The Bertz CT molecular complexity index is 799. The van der Waals surface area contributed by atoms with Crippen LogP contribution in [0.25, 0.3) is 0 Å². The zero-order valence-corrected chi connectivity index (χ0v) is 13.0. The van der Waals surface area contributed by atoms with Crippen molar-refractivity contribution in [3.63, 3.8) is 0 Å². The van der Waals surface area contributed by atoms with Crippen LogP contribution < -0.4 is 9.47 Å². The lowest BCUT2D eigenvalue weighted by molar-refractivity contribution is -0.0577. The van der Waals surface area contributed by atoms with E-state index in [-0.39, 0.29) is 5.91 Å². The van der Waals surface area contributed by atoms with Crippen molar-refractivity contribution in [2.24, 2.45) is 0 Å². The normalized spacial score (nSPS) is 21.5. The van der Waals surface area contributed by atoms with Crippen LogP contribution in [0.4, 0.5) is 0 Å². The number of hydrogen-bond acceptors (Lipinski definition) is 4. The fourth-order valence-corrected chi connectivity index (χ4v) is 3.69. The maximum atomic E-state index is 12.7. The zero-order chi connectivity index (χ0) is 16.2. The van der Waals surface area contributed by atoms with Crippen molar-refractivity contribution in [3.05, 3.63) is 58.7 Å². The summed E-state index contributed by atoms with van der Waals surface area (Å²) < 4.78 is 10.8. The molecule has 0 radical (unpaired) electrons. The number of carbonyl (C=O) groups is 1. The van der Waals surface area contributed by atoms with Crippen LogP contribution in [0, 0.1) is 0 Å². The molecule has 0 aromatic heterocycles. The molecular formula is C18H17NO4. The zero-order valence-electron chi connectivity index (χ0n) is 13.0. The Balaban J connectivity index is 2.03. The van der Waals surface area contributed by atoms with Crippen LogP contribution in [0.2, 0.25) is 0 Å². The van der Waals surface area contributed by atoms with Gasteiger partial charge in [0.25, 0.3) is 5.91 Å². The van der Waals surface area contributed by atoms with Gasteiger partial charge in [-0.2, -0.15) is 0 Å². The van der Waals surface area contributed by atoms with Gasteiger partial charge in [-0.15, -0.1) is 0 Å². The SMILES string of the molecule is COc1cc2c(c(OC)c1)[C@]1(O)c3ccccc3C(=O)N1CC2. The molecule has 2 aromatic rings. The number of rotatable bonds is 2. The first-order valence-electron chi connectivity index (χ1n) is 7.50. The minimum Gasteiger partial charge on any atom is -0.497 e. The molecule has 1 amide bonds. The molecule has 2 heterocycles. The molecule has 0 spiro atoms. The largest absolute Gasteiger partial charge is 0.497 e. The smallest absolute Gasteiger partial charge is 0.257 e. The second kappa shape index (κ2) is 4.73. The summed E-state index contributed by atoms with van der Waals surface area (Å²) in [6, 6.07) is 10.8. The summed E-state index contributed by atoms with van der Waals surface area (Å²) >= 11 is 0. The predicted molar refractivity (Wildman–Crippen MR) is 83.7 cm³/mol. The number of ether oxygens (including phenoxy) is 2. The Kier molecular flexibility index (Phi) is 2.90. The Morgan fingerprint density at radius 1 is 1.17 bits per heavy atom. The summed E-state index contributed by atoms with van der Waals surface area (Å²) in [5.41, 5.74) is 1.23. The van der Waals surface area contributed by atoms with E-state index in [0.29, 0.717) is 41.2 Å². The Hall–Kier alpha value is -2.53. The van der Waals surface area contributed by atoms with Crippen molar-refractivity contribution < 1.29 is 19.4 Å². The van der Waals surface area contributed by atoms with Gasteiger partial charge < -0.3 is 19.5 Å². The van der Waals surface area contributed by atoms with Gasteiger partial charge in [0.15, 0.2) is 5.72 Å². The second-order valence-corrected chi connectivity index (χ2v) is 5.79. The van der Waals surface area contributed by atoms with Crippen molar-refractivity contribution in [3.8, 4) is 11.5 Å². The molecule has 0 bridgehead atoms. The minimum absolute atomic E-state index is 0.147. The number of methoxy groups -OCH3 is 2. The molecule has 2 aliphatic rings. The van der Waals surface area contributed by atoms with Crippen LogP contribution in [0.5, 0.6) is 11.5 Å². The first-order valence-corrected chi connectivity index (χ1v) is 7.50. The number of aliphatic hydroxyl groups is 1. The van der Waals surface area contributed by atoms with Crippen LogP contribution in [0.1, 0.15) is 27.0 Å². The van der Waals surface area contributed by atoms with Crippen LogP contribution in [-0.2, 0) is 12.1 Å². The summed E-state index contributed by atoms with van der Waals surface area (Å²) in [4.78, 5) is 14.2. The lowest BCUT2D eigenvalue weighted by atomic mass is 9.85.